The fourth-order valence-corrected chi connectivity index (χ4v) is 5.84. The first-order valence-corrected chi connectivity index (χ1v) is 15.8. The lowest BCUT2D eigenvalue weighted by molar-refractivity contribution is -0.137. The van der Waals surface area contributed by atoms with E-state index in [-0.39, 0.29) is 35.7 Å². The Kier molecular flexibility index (Phi) is 10.1. The predicted octanol–water partition coefficient (Wildman–Crippen LogP) is 6.85. The number of nitrogens with zero attached hydrogens (tertiary/aromatic N) is 8. The zero-order valence-electron chi connectivity index (χ0n) is 27.4. The molecule has 14 nitrogen and oxygen atoms in total. The van der Waals surface area contributed by atoms with Crippen molar-refractivity contribution in [3.8, 4) is 11.2 Å². The van der Waals surface area contributed by atoms with Crippen LogP contribution < -0.4 is 16.0 Å². The molecule has 3 heterocycles. The number of carbonyl (C=O) groups is 1. The number of anilines is 4. The summed E-state index contributed by atoms with van der Waals surface area (Å²) >= 11 is 1.37. The average molecular weight is 666 g/mol. The summed E-state index contributed by atoms with van der Waals surface area (Å²) in [5.41, 5.74) is 5.95. The first-order valence-electron chi connectivity index (χ1n) is 15.0. The minimum Gasteiger partial charge on any atom is -0.460 e. The molecule has 2 aromatic carbocycles. The standard InChI is InChI=1S/C33H35N11O3S/c1-8-26(46)47-16-20(5)36-32-39-30(35-7)28(31(40-32)38-27-18(3)11-17(2)12-19(27)4)41-42-29-23(14-34)15-44(43-29)33-37-24-10-9-22(21(6)45)13-25(24)48-33/h8-13,15,20-21,45H,1,16H2,2-7H3,(H3,35,36,38,39,40). The molecule has 3 aromatic heterocycles. The quantitative estimate of drug-likeness (QED) is 0.0620. The van der Waals surface area contributed by atoms with Crippen LogP contribution in [-0.4, -0.2) is 55.5 Å². The number of aliphatic hydroxyl groups excluding tert-OH is 1. The average Bonchev–Trinajstić information content (AvgIpc) is 3.68. The number of carbonyl (C=O) groups excluding carboxylic acids is 1. The van der Waals surface area contributed by atoms with Crippen LogP contribution in [-0.2, 0) is 9.53 Å². The second-order valence-corrected chi connectivity index (χ2v) is 12.2. The summed E-state index contributed by atoms with van der Waals surface area (Å²) in [5.74, 6) is 0.481. The third kappa shape index (κ3) is 7.46. The lowest BCUT2D eigenvalue weighted by Crippen LogP contribution is -2.24. The first kappa shape index (κ1) is 33.6. The van der Waals surface area contributed by atoms with Crippen molar-refractivity contribution in [1.82, 2.24) is 24.7 Å². The van der Waals surface area contributed by atoms with E-state index in [9.17, 15) is 15.2 Å². The molecule has 2 atom stereocenters. The van der Waals surface area contributed by atoms with Gasteiger partial charge in [-0.1, -0.05) is 41.7 Å². The predicted molar refractivity (Wildman–Crippen MR) is 186 cm³/mol. The maximum absolute atomic E-state index is 11.6. The summed E-state index contributed by atoms with van der Waals surface area (Å²) in [4.78, 5) is 25.5. The minimum absolute atomic E-state index is 0.0689. The molecule has 5 rings (SSSR count). The number of aliphatic hydroxyl groups is 1. The van der Waals surface area contributed by atoms with Gasteiger partial charge in [0.1, 0.15) is 18.2 Å². The molecule has 2 unspecified atom stereocenters. The summed E-state index contributed by atoms with van der Waals surface area (Å²) in [7, 11) is 1.69. The van der Waals surface area contributed by atoms with Crippen LogP contribution in [0.1, 0.15) is 47.8 Å². The van der Waals surface area contributed by atoms with Gasteiger partial charge in [-0.15, -0.1) is 15.3 Å². The van der Waals surface area contributed by atoms with Crippen LogP contribution in [0.2, 0.25) is 0 Å². The molecule has 0 amide bonds. The Bertz CT molecular complexity index is 2050. The highest BCUT2D eigenvalue weighted by Crippen LogP contribution is 2.37. The van der Waals surface area contributed by atoms with Gasteiger partial charge in [-0.3, -0.25) is 0 Å². The summed E-state index contributed by atoms with van der Waals surface area (Å²) < 4.78 is 7.52. The summed E-state index contributed by atoms with van der Waals surface area (Å²) in [6.07, 6.45) is 2.04. The fourth-order valence-electron chi connectivity index (χ4n) is 4.90. The molecule has 15 heteroatoms. The highest BCUT2D eigenvalue weighted by molar-refractivity contribution is 7.20. The molecule has 5 aromatic rings. The smallest absolute Gasteiger partial charge is 0.330 e. The van der Waals surface area contributed by atoms with Gasteiger partial charge < -0.3 is 25.8 Å². The fraction of sp³-hybridized carbons (Fsp3) is 0.273. The third-order valence-electron chi connectivity index (χ3n) is 7.20. The molecule has 246 valence electrons. The van der Waals surface area contributed by atoms with Crippen molar-refractivity contribution in [3.05, 3.63) is 77.0 Å². The van der Waals surface area contributed by atoms with Crippen molar-refractivity contribution in [2.75, 3.05) is 29.6 Å². The van der Waals surface area contributed by atoms with Crippen molar-refractivity contribution in [2.24, 2.45) is 10.2 Å². The number of aryl methyl sites for hydroxylation is 3. The number of esters is 1. The molecular formula is C33H35N11O3S. The molecule has 0 saturated heterocycles. The number of azo groups is 1. The third-order valence-corrected chi connectivity index (χ3v) is 8.21. The lowest BCUT2D eigenvalue weighted by Gasteiger charge is -2.18. The SMILES string of the molecule is C=CC(=O)OCC(C)Nc1nc(NC)c(N=Nc2nn(-c3nc4ccc(C(C)O)cc4s3)cc2C#N)c(Nc2c(C)cc(C)cc2C)n1. The molecule has 4 N–H and O–H groups in total. The van der Waals surface area contributed by atoms with Gasteiger partial charge in [0.25, 0.3) is 0 Å². The number of fused-ring (bicyclic) bond motifs is 1. The van der Waals surface area contributed by atoms with Gasteiger partial charge in [0.15, 0.2) is 17.3 Å². The van der Waals surface area contributed by atoms with E-state index < -0.39 is 12.1 Å². The van der Waals surface area contributed by atoms with Gasteiger partial charge >= 0.3 is 5.97 Å². The van der Waals surface area contributed by atoms with E-state index in [0.717, 1.165) is 44.2 Å². The molecule has 0 bridgehead atoms. The summed E-state index contributed by atoms with van der Waals surface area (Å²) in [5, 5.41) is 43.4. The number of nitrogens with one attached hydrogen (secondary N) is 3. The van der Waals surface area contributed by atoms with Crippen LogP contribution in [0, 0.1) is 32.1 Å². The number of nitriles is 1. The Morgan fingerprint density at radius 1 is 1.15 bits per heavy atom. The summed E-state index contributed by atoms with van der Waals surface area (Å²) in [6, 6.07) is 11.5. The summed E-state index contributed by atoms with van der Waals surface area (Å²) in [6.45, 7) is 13.0. The van der Waals surface area contributed by atoms with Gasteiger partial charge in [0, 0.05) is 18.8 Å². The number of ether oxygens (including phenoxy) is 1. The van der Waals surface area contributed by atoms with Crippen molar-refractivity contribution in [1.29, 1.82) is 5.26 Å². The van der Waals surface area contributed by atoms with Crippen LogP contribution in [0.3, 0.4) is 0 Å². The maximum Gasteiger partial charge on any atom is 0.330 e. The van der Waals surface area contributed by atoms with Gasteiger partial charge in [0.2, 0.25) is 16.9 Å². The Balaban J connectivity index is 1.53. The highest BCUT2D eigenvalue weighted by atomic mass is 32.1. The van der Waals surface area contributed by atoms with Gasteiger partial charge in [-0.2, -0.15) is 15.2 Å². The van der Waals surface area contributed by atoms with E-state index in [1.165, 1.54) is 16.0 Å². The molecule has 0 radical (unpaired) electrons. The van der Waals surface area contributed by atoms with Crippen LogP contribution >= 0.6 is 11.3 Å². The van der Waals surface area contributed by atoms with Crippen LogP contribution in [0.25, 0.3) is 15.3 Å². The highest BCUT2D eigenvalue weighted by Gasteiger charge is 2.19. The maximum atomic E-state index is 11.6. The molecule has 0 aliphatic rings. The normalized spacial score (nSPS) is 12.5. The van der Waals surface area contributed by atoms with Crippen LogP contribution in [0.15, 0.2) is 59.4 Å². The monoisotopic (exact) mass is 665 g/mol. The first-order chi connectivity index (χ1) is 23.0. The van der Waals surface area contributed by atoms with E-state index >= 15 is 0 Å². The zero-order chi connectivity index (χ0) is 34.5. The number of thiazole rings is 1. The van der Waals surface area contributed by atoms with Gasteiger partial charge in [-0.05, 0) is 63.4 Å². The second kappa shape index (κ2) is 14.4. The molecule has 0 fully saturated rings. The molecule has 48 heavy (non-hydrogen) atoms. The van der Waals surface area contributed by atoms with Crippen molar-refractivity contribution >= 4 is 62.3 Å². The Hall–Kier alpha value is -5.72. The van der Waals surface area contributed by atoms with Crippen molar-refractivity contribution < 1.29 is 14.6 Å². The molecule has 0 saturated carbocycles. The van der Waals surface area contributed by atoms with E-state index in [0.29, 0.717) is 16.8 Å². The van der Waals surface area contributed by atoms with Crippen molar-refractivity contribution in [3.63, 3.8) is 0 Å². The van der Waals surface area contributed by atoms with Crippen molar-refractivity contribution in [2.45, 2.75) is 46.8 Å². The molecule has 0 spiro atoms. The zero-order valence-corrected chi connectivity index (χ0v) is 28.2. The lowest BCUT2D eigenvalue weighted by atomic mass is 10.1. The topological polar surface area (TPSA) is 188 Å². The van der Waals surface area contributed by atoms with Gasteiger partial charge in [0.05, 0.1) is 28.6 Å². The van der Waals surface area contributed by atoms with Crippen LogP contribution in [0.5, 0.6) is 0 Å². The number of hydrogen-bond donors (Lipinski definition) is 4. The largest absolute Gasteiger partial charge is 0.460 e. The number of rotatable bonds is 12. The number of benzene rings is 2. The number of hydrogen-bond acceptors (Lipinski definition) is 14. The Morgan fingerprint density at radius 2 is 1.88 bits per heavy atom. The van der Waals surface area contributed by atoms with E-state index in [4.69, 9.17) is 9.72 Å². The molecule has 0 aliphatic carbocycles. The second-order valence-electron chi connectivity index (χ2n) is 11.1. The molecule has 0 aliphatic heterocycles. The van der Waals surface area contributed by atoms with Crippen LogP contribution in [0.4, 0.5) is 34.8 Å². The van der Waals surface area contributed by atoms with E-state index in [1.807, 2.05) is 45.9 Å². The molecular weight excluding hydrogens is 631 g/mol. The van der Waals surface area contributed by atoms with E-state index in [1.54, 1.807) is 20.2 Å². The minimum atomic E-state index is -0.609. The van der Waals surface area contributed by atoms with E-state index in [2.05, 4.69) is 66.0 Å². The Labute approximate surface area is 281 Å². The Morgan fingerprint density at radius 3 is 2.54 bits per heavy atom. The van der Waals surface area contributed by atoms with Gasteiger partial charge in [-0.25, -0.2) is 14.5 Å². The number of aromatic nitrogens is 5.